The summed E-state index contributed by atoms with van der Waals surface area (Å²) >= 11 is 0. The third kappa shape index (κ3) is 5.31. The fourth-order valence-electron chi connectivity index (χ4n) is 2.11. The number of carbonyl (C=O) groups is 2. The molecule has 0 saturated carbocycles. The first kappa shape index (κ1) is 17.4. The topological polar surface area (TPSA) is 55.4 Å². The van der Waals surface area contributed by atoms with Crippen LogP contribution >= 0.6 is 0 Å². The Bertz CT molecular complexity index is 509. The van der Waals surface area contributed by atoms with Crippen LogP contribution in [0.15, 0.2) is 18.2 Å². The maximum atomic E-state index is 12.6. The van der Waals surface area contributed by atoms with Gasteiger partial charge in [-0.1, -0.05) is 26.0 Å². The van der Waals surface area contributed by atoms with Crippen molar-refractivity contribution in [3.63, 3.8) is 0 Å². The van der Waals surface area contributed by atoms with Crippen molar-refractivity contribution in [1.82, 2.24) is 5.32 Å². The lowest BCUT2D eigenvalue weighted by Gasteiger charge is -2.20. The number of hydrogen-bond donors (Lipinski definition) is 1. The number of benzene rings is 1. The zero-order valence-electron chi connectivity index (χ0n) is 13.5. The van der Waals surface area contributed by atoms with Gasteiger partial charge in [-0.05, 0) is 38.0 Å². The molecule has 1 N–H and O–H groups in total. The van der Waals surface area contributed by atoms with Crippen molar-refractivity contribution in [1.29, 1.82) is 0 Å². The lowest BCUT2D eigenvalue weighted by Crippen LogP contribution is -2.42. The summed E-state index contributed by atoms with van der Waals surface area (Å²) in [6.45, 7) is 9.96. The first-order valence-electron chi connectivity index (χ1n) is 7.38. The molecule has 4 heteroatoms. The second-order valence-electron chi connectivity index (χ2n) is 5.55. The highest BCUT2D eigenvalue weighted by atomic mass is 16.5. The molecule has 0 aliphatic carbocycles. The highest BCUT2D eigenvalue weighted by Gasteiger charge is 2.24. The number of rotatable bonds is 7. The maximum Gasteiger partial charge on any atom is 0.307 e. The van der Waals surface area contributed by atoms with Crippen molar-refractivity contribution in [3.8, 4) is 0 Å². The molecule has 0 amide bonds. The van der Waals surface area contributed by atoms with Crippen LogP contribution in [0.1, 0.15) is 48.7 Å². The minimum Gasteiger partial charge on any atom is -0.466 e. The average Bonchev–Trinajstić information content (AvgIpc) is 2.40. The van der Waals surface area contributed by atoms with Gasteiger partial charge < -0.3 is 10.1 Å². The molecule has 21 heavy (non-hydrogen) atoms. The van der Waals surface area contributed by atoms with E-state index in [4.69, 9.17) is 4.74 Å². The number of esters is 1. The van der Waals surface area contributed by atoms with Gasteiger partial charge in [-0.15, -0.1) is 0 Å². The summed E-state index contributed by atoms with van der Waals surface area (Å²) in [5.74, 6) is -0.423. The molecule has 0 bridgehead atoms. The zero-order valence-corrected chi connectivity index (χ0v) is 13.5. The van der Waals surface area contributed by atoms with E-state index in [9.17, 15) is 9.59 Å². The fourth-order valence-corrected chi connectivity index (χ4v) is 2.11. The molecular formula is C17H25NO3. The molecule has 0 saturated heterocycles. The van der Waals surface area contributed by atoms with E-state index in [0.717, 1.165) is 11.1 Å². The predicted octanol–water partition coefficient (Wildman–Crippen LogP) is 2.81. The molecule has 1 atom stereocenters. The molecule has 0 fully saturated rings. The molecule has 1 unspecified atom stereocenters. The lowest BCUT2D eigenvalue weighted by atomic mass is 9.97. The van der Waals surface area contributed by atoms with Gasteiger partial charge >= 0.3 is 5.97 Å². The largest absolute Gasteiger partial charge is 0.466 e. The maximum absolute atomic E-state index is 12.6. The Morgan fingerprint density at radius 3 is 2.38 bits per heavy atom. The SMILES string of the molecule is CCOC(=O)CC(NC(C)C)C(=O)c1ccc(C)c(C)c1. The molecule has 1 aromatic carbocycles. The van der Waals surface area contributed by atoms with Crippen LogP contribution in [0, 0.1) is 13.8 Å². The first-order valence-corrected chi connectivity index (χ1v) is 7.38. The van der Waals surface area contributed by atoms with E-state index in [1.165, 1.54) is 0 Å². The van der Waals surface area contributed by atoms with Crippen LogP contribution in [-0.2, 0) is 9.53 Å². The lowest BCUT2D eigenvalue weighted by molar-refractivity contribution is -0.143. The van der Waals surface area contributed by atoms with Crippen LogP contribution in [0.4, 0.5) is 0 Å². The van der Waals surface area contributed by atoms with E-state index in [1.807, 2.05) is 45.9 Å². The van der Waals surface area contributed by atoms with Gasteiger partial charge in [0.15, 0.2) is 5.78 Å². The standard InChI is InChI=1S/C17H25NO3/c1-6-21-16(19)10-15(18-11(2)3)17(20)14-8-7-12(4)13(5)9-14/h7-9,11,15,18H,6,10H2,1-5H3. The third-order valence-electron chi connectivity index (χ3n) is 3.32. The number of Topliss-reactive ketones (excluding diaryl/α,β-unsaturated/α-hetero) is 1. The van der Waals surface area contributed by atoms with Gasteiger partial charge in [0, 0.05) is 11.6 Å². The van der Waals surface area contributed by atoms with Crippen LogP contribution in [0.2, 0.25) is 0 Å². The molecule has 1 rings (SSSR count). The van der Waals surface area contributed by atoms with Crippen molar-refractivity contribution in [2.75, 3.05) is 6.61 Å². The highest BCUT2D eigenvalue weighted by molar-refractivity contribution is 6.02. The average molecular weight is 291 g/mol. The fraction of sp³-hybridized carbons (Fsp3) is 0.529. The Labute approximate surface area is 126 Å². The van der Waals surface area contributed by atoms with Crippen LogP contribution in [-0.4, -0.2) is 30.4 Å². The third-order valence-corrected chi connectivity index (χ3v) is 3.32. The predicted molar refractivity (Wildman–Crippen MR) is 83.6 cm³/mol. The molecule has 0 spiro atoms. The van der Waals surface area contributed by atoms with Crippen molar-refractivity contribution in [2.45, 2.75) is 53.1 Å². The second-order valence-corrected chi connectivity index (χ2v) is 5.55. The van der Waals surface area contributed by atoms with Crippen molar-refractivity contribution in [2.24, 2.45) is 0 Å². The molecule has 4 nitrogen and oxygen atoms in total. The number of ether oxygens (including phenoxy) is 1. The molecule has 0 heterocycles. The Balaban J connectivity index is 2.92. The van der Waals surface area contributed by atoms with Gasteiger partial charge in [0.1, 0.15) is 0 Å². The van der Waals surface area contributed by atoms with Crippen molar-refractivity contribution >= 4 is 11.8 Å². The summed E-state index contributed by atoms with van der Waals surface area (Å²) in [5, 5.41) is 3.15. The molecular weight excluding hydrogens is 266 g/mol. The summed E-state index contributed by atoms with van der Waals surface area (Å²) in [7, 11) is 0. The number of aryl methyl sites for hydroxylation is 2. The Morgan fingerprint density at radius 2 is 1.86 bits per heavy atom. The number of carbonyl (C=O) groups excluding carboxylic acids is 2. The first-order chi connectivity index (χ1) is 9.85. The quantitative estimate of drug-likeness (QED) is 0.620. The number of ketones is 1. The van der Waals surface area contributed by atoms with E-state index in [0.29, 0.717) is 12.2 Å². The summed E-state index contributed by atoms with van der Waals surface area (Å²) < 4.78 is 4.95. The summed E-state index contributed by atoms with van der Waals surface area (Å²) in [6, 6.07) is 5.17. The molecule has 0 aliphatic rings. The van der Waals surface area contributed by atoms with E-state index in [2.05, 4.69) is 5.32 Å². The van der Waals surface area contributed by atoms with Crippen LogP contribution < -0.4 is 5.32 Å². The number of hydrogen-bond acceptors (Lipinski definition) is 4. The number of nitrogens with one attached hydrogen (secondary N) is 1. The van der Waals surface area contributed by atoms with Gasteiger partial charge in [-0.2, -0.15) is 0 Å². The summed E-state index contributed by atoms with van der Waals surface area (Å²) in [6.07, 6.45) is 0.0534. The van der Waals surface area contributed by atoms with E-state index < -0.39 is 6.04 Å². The monoisotopic (exact) mass is 291 g/mol. The van der Waals surface area contributed by atoms with Gasteiger partial charge in [0.25, 0.3) is 0 Å². The molecule has 1 aromatic rings. The van der Waals surface area contributed by atoms with Crippen LogP contribution in [0.25, 0.3) is 0 Å². The summed E-state index contributed by atoms with van der Waals surface area (Å²) in [4.78, 5) is 24.3. The van der Waals surface area contributed by atoms with Gasteiger partial charge in [-0.25, -0.2) is 0 Å². The second kappa shape index (κ2) is 7.93. The Kier molecular flexibility index (Phi) is 6.56. The van der Waals surface area contributed by atoms with Crippen LogP contribution in [0.3, 0.4) is 0 Å². The Hall–Kier alpha value is -1.68. The highest BCUT2D eigenvalue weighted by Crippen LogP contribution is 2.13. The smallest absolute Gasteiger partial charge is 0.307 e. The van der Waals surface area contributed by atoms with Crippen molar-refractivity contribution in [3.05, 3.63) is 34.9 Å². The van der Waals surface area contributed by atoms with Gasteiger partial charge in [0.05, 0.1) is 19.1 Å². The molecule has 116 valence electrons. The molecule has 0 aliphatic heterocycles. The van der Waals surface area contributed by atoms with Gasteiger partial charge in [-0.3, -0.25) is 9.59 Å². The molecule has 0 aromatic heterocycles. The summed E-state index contributed by atoms with van der Waals surface area (Å²) in [5.41, 5.74) is 2.84. The zero-order chi connectivity index (χ0) is 16.0. The minimum atomic E-state index is -0.550. The van der Waals surface area contributed by atoms with Crippen molar-refractivity contribution < 1.29 is 14.3 Å². The molecule has 0 radical (unpaired) electrons. The van der Waals surface area contributed by atoms with E-state index >= 15 is 0 Å². The van der Waals surface area contributed by atoms with E-state index in [-0.39, 0.29) is 24.2 Å². The van der Waals surface area contributed by atoms with Crippen LogP contribution in [0.5, 0.6) is 0 Å². The Morgan fingerprint density at radius 1 is 1.19 bits per heavy atom. The normalized spacial score (nSPS) is 12.3. The minimum absolute atomic E-state index is 0.0534. The van der Waals surface area contributed by atoms with E-state index in [1.54, 1.807) is 6.92 Å². The van der Waals surface area contributed by atoms with Gasteiger partial charge in [0.2, 0.25) is 0 Å².